The second kappa shape index (κ2) is 6.33. The fourth-order valence-electron chi connectivity index (χ4n) is 1.04. The minimum Gasteiger partial charge on any atom is -0.389 e. The maximum atomic E-state index is 9.48. The van der Waals surface area contributed by atoms with Crippen molar-refractivity contribution in [2.45, 2.75) is 18.9 Å². The van der Waals surface area contributed by atoms with Crippen LogP contribution in [0.15, 0.2) is 30.3 Å². The summed E-state index contributed by atoms with van der Waals surface area (Å²) in [4.78, 5) is 0. The molecule has 1 unspecified atom stereocenters. The SMILES string of the molecule is [CH2-]CCC(O)c1ccccc1.[Zn]. The monoisotopic (exact) mass is 213 g/mol. The molecule has 1 rings (SSSR count). The first-order valence-electron chi connectivity index (χ1n) is 3.87. The van der Waals surface area contributed by atoms with Crippen LogP contribution in [-0.4, -0.2) is 5.11 Å². The summed E-state index contributed by atoms with van der Waals surface area (Å²) in [5.74, 6) is 0. The van der Waals surface area contributed by atoms with Gasteiger partial charge in [0.25, 0.3) is 0 Å². The minimum atomic E-state index is -0.339. The van der Waals surface area contributed by atoms with E-state index >= 15 is 0 Å². The van der Waals surface area contributed by atoms with Gasteiger partial charge < -0.3 is 12.0 Å². The van der Waals surface area contributed by atoms with Crippen LogP contribution in [-0.2, 0) is 19.5 Å². The normalized spacial score (nSPS) is 11.8. The standard InChI is InChI=1S/C10H13O.Zn/c1-2-6-10(11)9-7-4-3-5-8-9;/h3-5,7-8,10-11H,1-2,6H2;/q-1;. The van der Waals surface area contributed by atoms with E-state index in [1.807, 2.05) is 30.3 Å². The van der Waals surface area contributed by atoms with Crippen LogP contribution in [0.1, 0.15) is 24.5 Å². The smallest absolute Gasteiger partial charge is 0.0765 e. The molecule has 1 atom stereocenters. The van der Waals surface area contributed by atoms with E-state index in [1.165, 1.54) is 0 Å². The molecule has 1 aromatic rings. The van der Waals surface area contributed by atoms with Crippen molar-refractivity contribution in [1.29, 1.82) is 0 Å². The van der Waals surface area contributed by atoms with Gasteiger partial charge in [-0.2, -0.15) is 6.42 Å². The molecule has 1 aromatic carbocycles. The van der Waals surface area contributed by atoms with Crippen LogP contribution < -0.4 is 0 Å². The Hall–Kier alpha value is -0.197. The molecule has 0 saturated carbocycles. The summed E-state index contributed by atoms with van der Waals surface area (Å²) < 4.78 is 0. The molecular formula is C10H13OZn-. The summed E-state index contributed by atoms with van der Waals surface area (Å²) in [6.45, 7) is 3.69. The molecular weight excluding hydrogens is 201 g/mol. The first-order chi connectivity index (χ1) is 5.34. The number of hydrogen-bond acceptors (Lipinski definition) is 1. The van der Waals surface area contributed by atoms with Crippen LogP contribution in [0.2, 0.25) is 0 Å². The van der Waals surface area contributed by atoms with Gasteiger partial charge in [-0.05, 0) is 5.56 Å². The van der Waals surface area contributed by atoms with E-state index in [0.717, 1.165) is 18.4 Å². The zero-order valence-electron chi connectivity index (χ0n) is 7.24. The van der Waals surface area contributed by atoms with E-state index in [2.05, 4.69) is 6.92 Å². The molecule has 0 spiro atoms. The minimum absolute atomic E-state index is 0. The van der Waals surface area contributed by atoms with Gasteiger partial charge in [-0.25, -0.2) is 0 Å². The van der Waals surface area contributed by atoms with Gasteiger partial charge in [-0.1, -0.05) is 36.8 Å². The van der Waals surface area contributed by atoms with E-state index in [1.54, 1.807) is 0 Å². The third kappa shape index (κ3) is 3.47. The topological polar surface area (TPSA) is 20.2 Å². The summed E-state index contributed by atoms with van der Waals surface area (Å²) in [5.41, 5.74) is 0.983. The molecule has 0 radical (unpaired) electrons. The van der Waals surface area contributed by atoms with Crippen LogP contribution >= 0.6 is 0 Å². The van der Waals surface area contributed by atoms with Crippen LogP contribution in [0, 0.1) is 6.92 Å². The van der Waals surface area contributed by atoms with E-state index in [4.69, 9.17) is 0 Å². The Kier molecular flexibility index (Phi) is 6.23. The van der Waals surface area contributed by atoms with Crippen LogP contribution in [0.4, 0.5) is 0 Å². The average Bonchev–Trinajstić information content (AvgIpc) is 2.07. The number of benzene rings is 1. The Balaban J connectivity index is 0.00000121. The second-order valence-electron chi connectivity index (χ2n) is 2.57. The van der Waals surface area contributed by atoms with Crippen molar-refractivity contribution in [3.63, 3.8) is 0 Å². The fourth-order valence-corrected chi connectivity index (χ4v) is 1.04. The maximum Gasteiger partial charge on any atom is 0.0765 e. The molecule has 2 heteroatoms. The van der Waals surface area contributed by atoms with Gasteiger partial charge in [-0.3, -0.25) is 0 Å². The van der Waals surface area contributed by atoms with Crippen molar-refractivity contribution >= 4 is 0 Å². The number of aliphatic hydroxyl groups excluding tert-OH is 1. The van der Waals surface area contributed by atoms with Crippen molar-refractivity contribution in [2.24, 2.45) is 0 Å². The Morgan fingerprint density at radius 1 is 1.25 bits per heavy atom. The van der Waals surface area contributed by atoms with Crippen molar-refractivity contribution in [2.75, 3.05) is 0 Å². The molecule has 0 saturated heterocycles. The van der Waals surface area contributed by atoms with Gasteiger partial charge in [-0.15, -0.1) is 0 Å². The van der Waals surface area contributed by atoms with Gasteiger partial charge in [0, 0.05) is 19.5 Å². The van der Waals surface area contributed by atoms with Gasteiger partial charge in [0.05, 0.1) is 6.10 Å². The number of aliphatic hydroxyl groups is 1. The fraction of sp³-hybridized carbons (Fsp3) is 0.300. The zero-order chi connectivity index (χ0) is 8.10. The molecule has 62 valence electrons. The largest absolute Gasteiger partial charge is 0.389 e. The van der Waals surface area contributed by atoms with Crippen molar-refractivity contribution in [3.8, 4) is 0 Å². The van der Waals surface area contributed by atoms with E-state index in [9.17, 15) is 5.11 Å². The molecule has 1 N–H and O–H groups in total. The molecule has 0 aliphatic carbocycles. The van der Waals surface area contributed by atoms with Crippen LogP contribution in [0.5, 0.6) is 0 Å². The molecule has 0 aliphatic rings. The second-order valence-corrected chi connectivity index (χ2v) is 2.57. The van der Waals surface area contributed by atoms with Gasteiger partial charge in [0.1, 0.15) is 0 Å². The molecule has 0 aromatic heterocycles. The summed E-state index contributed by atoms with van der Waals surface area (Å²) in [7, 11) is 0. The van der Waals surface area contributed by atoms with Crippen LogP contribution in [0.3, 0.4) is 0 Å². The third-order valence-electron chi connectivity index (χ3n) is 1.66. The summed E-state index contributed by atoms with van der Waals surface area (Å²) in [5, 5.41) is 9.48. The van der Waals surface area contributed by atoms with Gasteiger partial charge >= 0.3 is 0 Å². The number of hydrogen-bond donors (Lipinski definition) is 1. The molecule has 12 heavy (non-hydrogen) atoms. The zero-order valence-corrected chi connectivity index (χ0v) is 10.2. The molecule has 0 bridgehead atoms. The third-order valence-corrected chi connectivity index (χ3v) is 1.66. The van der Waals surface area contributed by atoms with Crippen molar-refractivity contribution in [3.05, 3.63) is 42.8 Å². The molecule has 0 aliphatic heterocycles. The average molecular weight is 215 g/mol. The van der Waals surface area contributed by atoms with E-state index in [0.29, 0.717) is 0 Å². The summed E-state index contributed by atoms with van der Waals surface area (Å²) >= 11 is 0. The maximum absolute atomic E-state index is 9.48. The Labute approximate surface area is 86.6 Å². The van der Waals surface area contributed by atoms with Crippen LogP contribution in [0.25, 0.3) is 0 Å². The Morgan fingerprint density at radius 2 is 1.83 bits per heavy atom. The van der Waals surface area contributed by atoms with Gasteiger partial charge in [0.15, 0.2) is 0 Å². The van der Waals surface area contributed by atoms with E-state index in [-0.39, 0.29) is 25.6 Å². The molecule has 0 heterocycles. The molecule has 0 amide bonds. The van der Waals surface area contributed by atoms with Crippen molar-refractivity contribution < 1.29 is 24.6 Å². The summed E-state index contributed by atoms with van der Waals surface area (Å²) in [6, 6.07) is 9.67. The molecule has 0 fully saturated rings. The Bertz CT molecular complexity index is 198. The first-order valence-corrected chi connectivity index (χ1v) is 3.87. The first kappa shape index (κ1) is 11.8. The predicted molar refractivity (Wildman–Crippen MR) is 46.0 cm³/mol. The van der Waals surface area contributed by atoms with E-state index < -0.39 is 0 Å². The number of rotatable bonds is 3. The summed E-state index contributed by atoms with van der Waals surface area (Å²) in [6.07, 6.45) is 1.17. The molecule has 1 nitrogen and oxygen atoms in total. The quantitative estimate of drug-likeness (QED) is 0.605. The van der Waals surface area contributed by atoms with Crippen molar-refractivity contribution in [1.82, 2.24) is 0 Å². The predicted octanol–water partition coefficient (Wildman–Crippen LogP) is 2.33. The van der Waals surface area contributed by atoms with Gasteiger partial charge in [0.2, 0.25) is 0 Å². The Morgan fingerprint density at radius 3 is 2.33 bits per heavy atom.